The third kappa shape index (κ3) is 3.10. The Morgan fingerprint density at radius 3 is 2.32 bits per heavy atom. The molecule has 2 fully saturated rings. The SMILES string of the molecule is O=C(OC1COC1)N1CCC(S(=O)(=O)c2ccccc2)CC1. The molecule has 7 heteroatoms. The second kappa shape index (κ2) is 6.26. The number of hydrogen-bond acceptors (Lipinski definition) is 5. The number of ether oxygens (including phenoxy) is 2. The molecule has 1 amide bonds. The number of piperidine rings is 1. The van der Waals surface area contributed by atoms with Crippen LogP contribution >= 0.6 is 0 Å². The summed E-state index contributed by atoms with van der Waals surface area (Å²) in [5, 5.41) is -0.439. The van der Waals surface area contributed by atoms with Gasteiger partial charge in [0, 0.05) is 13.1 Å². The van der Waals surface area contributed by atoms with Crippen LogP contribution in [0.5, 0.6) is 0 Å². The molecule has 0 N–H and O–H groups in total. The van der Waals surface area contributed by atoms with Crippen molar-refractivity contribution >= 4 is 15.9 Å². The molecule has 0 aromatic heterocycles. The Kier molecular flexibility index (Phi) is 4.35. The molecular weight excluding hydrogens is 306 g/mol. The molecule has 0 saturated carbocycles. The molecule has 22 heavy (non-hydrogen) atoms. The second-order valence-electron chi connectivity index (χ2n) is 5.59. The highest BCUT2D eigenvalue weighted by molar-refractivity contribution is 7.92. The minimum absolute atomic E-state index is 0.154. The average Bonchev–Trinajstić information content (AvgIpc) is 2.51. The fourth-order valence-corrected chi connectivity index (χ4v) is 4.40. The third-order valence-corrected chi connectivity index (χ3v) is 6.36. The standard InChI is InChI=1S/C15H19NO5S/c17-15(21-12-10-20-11-12)16-8-6-14(7-9-16)22(18,19)13-4-2-1-3-5-13/h1-5,12,14H,6-11H2. The number of nitrogens with zero attached hydrogens (tertiary/aromatic N) is 1. The van der Waals surface area contributed by atoms with Crippen molar-refractivity contribution in [3.8, 4) is 0 Å². The summed E-state index contributed by atoms with van der Waals surface area (Å²) in [6.45, 7) is 1.71. The zero-order valence-electron chi connectivity index (χ0n) is 12.2. The van der Waals surface area contributed by atoms with E-state index >= 15 is 0 Å². The molecule has 2 aliphatic heterocycles. The number of likely N-dealkylation sites (tertiary alicyclic amines) is 1. The Bertz CT molecular complexity index is 619. The molecule has 0 spiro atoms. The van der Waals surface area contributed by atoms with Crippen LogP contribution in [-0.2, 0) is 19.3 Å². The van der Waals surface area contributed by atoms with E-state index in [1.54, 1.807) is 35.2 Å². The molecule has 1 aromatic rings. The summed E-state index contributed by atoms with van der Waals surface area (Å²) in [6, 6.07) is 8.47. The van der Waals surface area contributed by atoms with Gasteiger partial charge in [-0.25, -0.2) is 13.2 Å². The number of carbonyl (C=O) groups is 1. The molecule has 120 valence electrons. The predicted octanol–water partition coefficient (Wildman–Crippen LogP) is 1.46. The van der Waals surface area contributed by atoms with E-state index in [-0.39, 0.29) is 12.2 Å². The van der Waals surface area contributed by atoms with Crippen LogP contribution in [0.15, 0.2) is 35.2 Å². The zero-order valence-corrected chi connectivity index (χ0v) is 13.0. The van der Waals surface area contributed by atoms with Gasteiger partial charge in [0.2, 0.25) is 0 Å². The molecule has 3 rings (SSSR count). The Morgan fingerprint density at radius 1 is 1.14 bits per heavy atom. The van der Waals surface area contributed by atoms with Gasteiger partial charge >= 0.3 is 6.09 Å². The van der Waals surface area contributed by atoms with Crippen LogP contribution in [-0.4, -0.2) is 57.1 Å². The molecule has 6 nitrogen and oxygen atoms in total. The summed E-state index contributed by atoms with van der Waals surface area (Å²) < 4.78 is 35.3. The maximum atomic E-state index is 12.5. The van der Waals surface area contributed by atoms with Crippen LogP contribution in [0.2, 0.25) is 0 Å². The maximum absolute atomic E-state index is 12.5. The van der Waals surface area contributed by atoms with Crippen LogP contribution in [0.25, 0.3) is 0 Å². The van der Waals surface area contributed by atoms with Gasteiger partial charge in [-0.1, -0.05) is 18.2 Å². The highest BCUT2D eigenvalue weighted by Gasteiger charge is 2.34. The van der Waals surface area contributed by atoms with Gasteiger partial charge in [-0.2, -0.15) is 0 Å². The third-order valence-electron chi connectivity index (χ3n) is 4.09. The lowest BCUT2D eigenvalue weighted by molar-refractivity contribution is -0.105. The molecule has 0 aliphatic carbocycles. The normalized spacial score (nSPS) is 20.5. The van der Waals surface area contributed by atoms with Gasteiger partial charge < -0.3 is 14.4 Å². The van der Waals surface area contributed by atoms with Gasteiger partial charge in [0.1, 0.15) is 0 Å². The molecule has 1 aromatic carbocycles. The molecule has 0 bridgehead atoms. The van der Waals surface area contributed by atoms with Gasteiger partial charge in [0.05, 0.1) is 23.4 Å². The lowest BCUT2D eigenvalue weighted by Crippen LogP contribution is -2.46. The number of rotatable bonds is 3. The first-order valence-electron chi connectivity index (χ1n) is 7.39. The van der Waals surface area contributed by atoms with Crippen molar-refractivity contribution in [2.75, 3.05) is 26.3 Å². The van der Waals surface area contributed by atoms with Crippen LogP contribution < -0.4 is 0 Å². The summed E-state index contributed by atoms with van der Waals surface area (Å²) in [7, 11) is -3.33. The molecule has 0 atom stereocenters. The van der Waals surface area contributed by atoms with Gasteiger partial charge in [0.25, 0.3) is 0 Å². The van der Waals surface area contributed by atoms with Crippen molar-refractivity contribution in [2.24, 2.45) is 0 Å². The van der Waals surface area contributed by atoms with Crippen molar-refractivity contribution < 1.29 is 22.7 Å². The number of hydrogen-bond donors (Lipinski definition) is 0. The van der Waals surface area contributed by atoms with E-state index in [0.717, 1.165) is 0 Å². The minimum atomic E-state index is -3.33. The lowest BCUT2D eigenvalue weighted by Gasteiger charge is -2.33. The quantitative estimate of drug-likeness (QED) is 0.841. The van der Waals surface area contributed by atoms with Crippen LogP contribution in [0, 0.1) is 0 Å². The average molecular weight is 325 g/mol. The van der Waals surface area contributed by atoms with Gasteiger partial charge in [0.15, 0.2) is 15.9 Å². The largest absolute Gasteiger partial charge is 0.441 e. The van der Waals surface area contributed by atoms with Crippen molar-refractivity contribution in [1.82, 2.24) is 4.90 Å². The Labute approximate surface area is 129 Å². The fraction of sp³-hybridized carbons (Fsp3) is 0.533. The smallest absolute Gasteiger partial charge is 0.410 e. The Morgan fingerprint density at radius 2 is 1.77 bits per heavy atom. The van der Waals surface area contributed by atoms with Crippen molar-refractivity contribution in [1.29, 1.82) is 0 Å². The predicted molar refractivity (Wildman–Crippen MR) is 79.3 cm³/mol. The van der Waals surface area contributed by atoms with Crippen molar-refractivity contribution in [3.63, 3.8) is 0 Å². The molecule has 2 aliphatic rings. The number of sulfone groups is 1. The first-order chi connectivity index (χ1) is 10.6. The number of amides is 1. The van der Waals surface area contributed by atoms with Crippen LogP contribution in [0.4, 0.5) is 4.79 Å². The lowest BCUT2D eigenvalue weighted by atomic mass is 10.1. The molecule has 2 heterocycles. The van der Waals surface area contributed by atoms with E-state index in [9.17, 15) is 13.2 Å². The topological polar surface area (TPSA) is 72.9 Å². The van der Waals surface area contributed by atoms with E-state index in [2.05, 4.69) is 0 Å². The van der Waals surface area contributed by atoms with Crippen molar-refractivity contribution in [3.05, 3.63) is 30.3 Å². The molecular formula is C15H19NO5S. The van der Waals surface area contributed by atoms with E-state index in [1.807, 2.05) is 0 Å². The maximum Gasteiger partial charge on any atom is 0.410 e. The summed E-state index contributed by atoms with van der Waals surface area (Å²) >= 11 is 0. The first kappa shape index (κ1) is 15.3. The van der Waals surface area contributed by atoms with Crippen LogP contribution in [0.1, 0.15) is 12.8 Å². The monoisotopic (exact) mass is 325 g/mol. The Hall–Kier alpha value is -1.60. The summed E-state index contributed by atoms with van der Waals surface area (Å²) in [4.78, 5) is 13.9. The first-order valence-corrected chi connectivity index (χ1v) is 8.94. The molecule has 0 radical (unpaired) electrons. The summed E-state index contributed by atoms with van der Waals surface area (Å²) in [6.07, 6.45) is 0.350. The van der Waals surface area contributed by atoms with E-state index < -0.39 is 15.1 Å². The van der Waals surface area contributed by atoms with E-state index in [0.29, 0.717) is 44.0 Å². The fourth-order valence-electron chi connectivity index (χ4n) is 2.65. The minimum Gasteiger partial charge on any atom is -0.441 e. The highest BCUT2D eigenvalue weighted by Crippen LogP contribution is 2.25. The zero-order chi connectivity index (χ0) is 15.6. The van der Waals surface area contributed by atoms with Crippen molar-refractivity contribution in [2.45, 2.75) is 29.1 Å². The Balaban J connectivity index is 1.58. The van der Waals surface area contributed by atoms with Gasteiger partial charge in [-0.15, -0.1) is 0 Å². The highest BCUT2D eigenvalue weighted by atomic mass is 32.2. The molecule has 2 saturated heterocycles. The second-order valence-corrected chi connectivity index (χ2v) is 7.82. The van der Waals surface area contributed by atoms with Crippen LogP contribution in [0.3, 0.4) is 0 Å². The van der Waals surface area contributed by atoms with E-state index in [4.69, 9.17) is 9.47 Å². The molecule has 0 unspecified atom stereocenters. The number of benzene rings is 1. The summed E-state index contributed by atoms with van der Waals surface area (Å²) in [5.74, 6) is 0. The van der Waals surface area contributed by atoms with E-state index in [1.165, 1.54) is 0 Å². The van der Waals surface area contributed by atoms with Gasteiger partial charge in [-0.05, 0) is 25.0 Å². The van der Waals surface area contributed by atoms with Gasteiger partial charge in [-0.3, -0.25) is 0 Å². The summed E-state index contributed by atoms with van der Waals surface area (Å²) in [5.41, 5.74) is 0. The number of carbonyl (C=O) groups excluding carboxylic acids is 1.